The third-order valence-corrected chi connectivity index (χ3v) is 9.25. The molecule has 0 bridgehead atoms. The Morgan fingerprint density at radius 2 is 0.909 bits per heavy atom. The van der Waals surface area contributed by atoms with Crippen molar-refractivity contribution in [2.45, 2.75) is 0 Å². The van der Waals surface area contributed by atoms with Gasteiger partial charge in [-0.3, -0.25) is 0 Å². The first-order chi connectivity index (χ1) is 10.8. The number of halogens is 1. The molecular formula is C20H15BrSi. The molecule has 0 aliphatic rings. The van der Waals surface area contributed by atoms with Gasteiger partial charge >= 0.3 is 0 Å². The summed E-state index contributed by atoms with van der Waals surface area (Å²) in [4.78, 5) is 0. The lowest BCUT2D eigenvalue weighted by Gasteiger charge is -2.14. The summed E-state index contributed by atoms with van der Waals surface area (Å²) in [6.07, 6.45) is 0. The Bertz CT molecular complexity index is 872. The molecule has 0 unspecified atom stereocenters. The summed E-state index contributed by atoms with van der Waals surface area (Å²) in [6, 6.07) is 30.6. The highest BCUT2D eigenvalue weighted by Gasteiger charge is 2.17. The second-order valence-electron chi connectivity index (χ2n) is 5.50. The molecule has 0 amide bonds. The van der Waals surface area contributed by atoms with Gasteiger partial charge in [-0.1, -0.05) is 84.9 Å². The summed E-state index contributed by atoms with van der Waals surface area (Å²) >= 11 is 4.08. The van der Waals surface area contributed by atoms with Crippen molar-refractivity contribution in [2.24, 2.45) is 0 Å². The van der Waals surface area contributed by atoms with Gasteiger partial charge in [-0.2, -0.15) is 0 Å². The van der Waals surface area contributed by atoms with Crippen LogP contribution in [0.25, 0.3) is 21.5 Å². The first-order valence-electron chi connectivity index (χ1n) is 7.44. The molecule has 0 heterocycles. The van der Waals surface area contributed by atoms with Crippen molar-refractivity contribution >= 4 is 54.6 Å². The van der Waals surface area contributed by atoms with Gasteiger partial charge in [0.1, 0.15) is 0 Å². The van der Waals surface area contributed by atoms with Crippen molar-refractivity contribution in [3.63, 3.8) is 0 Å². The Hall–Kier alpha value is -1.90. The molecule has 4 rings (SSSR count). The van der Waals surface area contributed by atoms with Crippen LogP contribution in [-0.4, -0.2) is 7.42 Å². The molecular weight excluding hydrogens is 348 g/mol. The van der Waals surface area contributed by atoms with Crippen LogP contribution >= 0.6 is 15.3 Å². The van der Waals surface area contributed by atoms with E-state index in [1.54, 1.807) is 0 Å². The Labute approximate surface area is 139 Å². The molecule has 2 heteroatoms. The Balaban J connectivity index is 1.94. The molecule has 0 saturated heterocycles. The van der Waals surface area contributed by atoms with Gasteiger partial charge in [0.25, 0.3) is 0 Å². The van der Waals surface area contributed by atoms with Crippen LogP contribution in [0, 0.1) is 0 Å². The van der Waals surface area contributed by atoms with Crippen LogP contribution < -0.4 is 10.4 Å². The van der Waals surface area contributed by atoms with Gasteiger partial charge in [-0.15, -0.1) is 15.3 Å². The third-order valence-electron chi connectivity index (χ3n) is 4.19. The molecule has 0 fully saturated rings. The van der Waals surface area contributed by atoms with Crippen LogP contribution in [0.1, 0.15) is 0 Å². The van der Waals surface area contributed by atoms with Gasteiger partial charge < -0.3 is 0 Å². The molecule has 0 nitrogen and oxygen atoms in total. The quantitative estimate of drug-likeness (QED) is 0.369. The molecule has 0 aliphatic carbocycles. The molecule has 106 valence electrons. The zero-order valence-electron chi connectivity index (χ0n) is 12.0. The minimum Gasteiger partial charge on any atom is -0.119 e. The molecule has 0 atom stereocenters. The van der Waals surface area contributed by atoms with Crippen LogP contribution in [0.5, 0.6) is 0 Å². The van der Waals surface area contributed by atoms with Crippen molar-refractivity contribution in [3.05, 3.63) is 84.9 Å². The van der Waals surface area contributed by atoms with Gasteiger partial charge in [0.15, 0.2) is 7.42 Å². The summed E-state index contributed by atoms with van der Waals surface area (Å²) in [6.45, 7) is 0. The van der Waals surface area contributed by atoms with Crippen molar-refractivity contribution in [1.29, 1.82) is 0 Å². The molecule has 0 N–H and O–H groups in total. The highest BCUT2D eigenvalue weighted by Crippen LogP contribution is 2.17. The minimum atomic E-state index is -1.41. The molecule has 0 spiro atoms. The smallest absolute Gasteiger partial charge is 0.119 e. The van der Waals surface area contributed by atoms with Gasteiger partial charge in [-0.05, 0) is 31.9 Å². The standard InChI is InChI=1S/C20H15BrSi/c21-22(19-13-5-9-15-7-1-3-11-17(15)19)20-14-6-10-16-8-2-4-12-18(16)20/h1-14,22H. The maximum Gasteiger partial charge on any atom is 0.176 e. The van der Waals surface area contributed by atoms with E-state index >= 15 is 0 Å². The van der Waals surface area contributed by atoms with Crippen LogP contribution in [0.3, 0.4) is 0 Å². The van der Waals surface area contributed by atoms with Gasteiger partial charge in [0, 0.05) is 0 Å². The fourth-order valence-electron chi connectivity index (χ4n) is 3.11. The second-order valence-corrected chi connectivity index (χ2v) is 10.2. The van der Waals surface area contributed by atoms with Crippen LogP contribution in [0.2, 0.25) is 0 Å². The summed E-state index contributed by atoms with van der Waals surface area (Å²) < 4.78 is 0. The van der Waals surface area contributed by atoms with Crippen LogP contribution in [-0.2, 0) is 0 Å². The van der Waals surface area contributed by atoms with E-state index in [-0.39, 0.29) is 0 Å². The van der Waals surface area contributed by atoms with Crippen molar-refractivity contribution in [2.75, 3.05) is 0 Å². The first-order valence-corrected chi connectivity index (χ1v) is 11.8. The molecule has 0 aliphatic heterocycles. The van der Waals surface area contributed by atoms with Crippen LogP contribution in [0.15, 0.2) is 84.9 Å². The van der Waals surface area contributed by atoms with Crippen molar-refractivity contribution < 1.29 is 0 Å². The lowest BCUT2D eigenvalue weighted by atomic mass is 10.1. The fraction of sp³-hybridized carbons (Fsp3) is 0. The highest BCUT2D eigenvalue weighted by molar-refractivity contribution is 9.25. The normalized spacial score (nSPS) is 11.4. The summed E-state index contributed by atoms with van der Waals surface area (Å²) in [5, 5.41) is 8.27. The van der Waals surface area contributed by atoms with Crippen molar-refractivity contribution in [3.8, 4) is 0 Å². The van der Waals surface area contributed by atoms with E-state index < -0.39 is 7.42 Å². The van der Waals surface area contributed by atoms with E-state index in [0.717, 1.165) is 0 Å². The van der Waals surface area contributed by atoms with E-state index in [1.165, 1.54) is 31.9 Å². The molecule has 0 radical (unpaired) electrons. The van der Waals surface area contributed by atoms with E-state index in [2.05, 4.69) is 100 Å². The van der Waals surface area contributed by atoms with Gasteiger partial charge in [0.05, 0.1) is 0 Å². The predicted molar refractivity (Wildman–Crippen MR) is 103 cm³/mol. The molecule has 4 aromatic carbocycles. The maximum absolute atomic E-state index is 4.08. The average molecular weight is 363 g/mol. The van der Waals surface area contributed by atoms with E-state index in [0.29, 0.717) is 0 Å². The SMILES string of the molecule is Br[SiH](c1cccc2ccccc12)c1cccc2ccccc12. The molecule has 4 aromatic rings. The summed E-state index contributed by atoms with van der Waals surface area (Å²) in [5.74, 6) is 0. The Kier molecular flexibility index (Phi) is 3.57. The Morgan fingerprint density at radius 3 is 1.41 bits per heavy atom. The number of hydrogen-bond acceptors (Lipinski definition) is 0. The van der Waals surface area contributed by atoms with Gasteiger partial charge in [0.2, 0.25) is 0 Å². The largest absolute Gasteiger partial charge is 0.176 e. The van der Waals surface area contributed by atoms with E-state index in [1.807, 2.05) is 0 Å². The number of rotatable bonds is 2. The predicted octanol–water partition coefficient (Wildman–Crippen LogP) is 4.23. The highest BCUT2D eigenvalue weighted by atomic mass is 79.9. The lowest BCUT2D eigenvalue weighted by Crippen LogP contribution is -2.37. The van der Waals surface area contributed by atoms with E-state index in [9.17, 15) is 0 Å². The van der Waals surface area contributed by atoms with Crippen molar-refractivity contribution in [1.82, 2.24) is 0 Å². The second kappa shape index (κ2) is 5.71. The maximum atomic E-state index is 4.08. The zero-order chi connectivity index (χ0) is 14.9. The minimum absolute atomic E-state index is 1.32. The van der Waals surface area contributed by atoms with E-state index in [4.69, 9.17) is 0 Å². The third kappa shape index (κ3) is 2.29. The zero-order valence-corrected chi connectivity index (χ0v) is 14.8. The molecule has 0 saturated carbocycles. The van der Waals surface area contributed by atoms with Crippen LogP contribution in [0.4, 0.5) is 0 Å². The topological polar surface area (TPSA) is 0 Å². The molecule has 22 heavy (non-hydrogen) atoms. The number of hydrogen-bond donors (Lipinski definition) is 0. The number of benzene rings is 4. The Morgan fingerprint density at radius 1 is 0.500 bits per heavy atom. The monoisotopic (exact) mass is 362 g/mol. The first kappa shape index (κ1) is 13.7. The number of fused-ring (bicyclic) bond motifs is 2. The summed E-state index contributed by atoms with van der Waals surface area (Å²) in [5.41, 5.74) is 0. The molecule has 0 aromatic heterocycles. The summed E-state index contributed by atoms with van der Waals surface area (Å²) in [7, 11) is -1.41. The lowest BCUT2D eigenvalue weighted by molar-refractivity contribution is 1.77. The van der Waals surface area contributed by atoms with Gasteiger partial charge in [-0.25, -0.2) is 0 Å². The fourth-order valence-corrected chi connectivity index (χ4v) is 7.47. The average Bonchev–Trinajstić information content (AvgIpc) is 2.60.